The molecule has 0 radical (unpaired) electrons. The molecule has 1 aromatic rings. The lowest BCUT2D eigenvalue weighted by Crippen LogP contribution is -2.53. The standard InChI is InChI=1S/C20H28N2O3/c23-19(21-11-5-2-6-12-21)18(17-8-3-1-4-9-17)22-13-7-10-20(16-22)24-14-15-25-20/h1,3-4,8-9,18H,2,5-7,10-16H2. The molecule has 1 atom stereocenters. The van der Waals surface area contributed by atoms with E-state index in [0.717, 1.165) is 50.9 Å². The Kier molecular flexibility index (Phi) is 5.06. The van der Waals surface area contributed by atoms with E-state index in [-0.39, 0.29) is 11.9 Å². The molecule has 1 amide bonds. The van der Waals surface area contributed by atoms with E-state index in [2.05, 4.69) is 21.9 Å². The Labute approximate surface area is 149 Å². The second-order valence-electron chi connectivity index (χ2n) is 7.38. The minimum Gasteiger partial charge on any atom is -0.346 e. The minimum atomic E-state index is -0.506. The summed E-state index contributed by atoms with van der Waals surface area (Å²) in [6.07, 6.45) is 5.38. The topological polar surface area (TPSA) is 42.0 Å². The van der Waals surface area contributed by atoms with Gasteiger partial charge in [-0.15, -0.1) is 0 Å². The fraction of sp³-hybridized carbons (Fsp3) is 0.650. The summed E-state index contributed by atoms with van der Waals surface area (Å²) >= 11 is 0. The molecule has 4 rings (SSSR count). The van der Waals surface area contributed by atoms with E-state index in [1.807, 2.05) is 18.2 Å². The minimum absolute atomic E-state index is 0.232. The van der Waals surface area contributed by atoms with E-state index in [9.17, 15) is 4.79 Å². The van der Waals surface area contributed by atoms with Crippen LogP contribution in [0.1, 0.15) is 43.7 Å². The molecular formula is C20H28N2O3. The molecule has 3 saturated heterocycles. The third kappa shape index (κ3) is 3.59. The van der Waals surface area contributed by atoms with Gasteiger partial charge in [0.15, 0.2) is 5.79 Å². The van der Waals surface area contributed by atoms with Gasteiger partial charge in [-0.2, -0.15) is 0 Å². The Morgan fingerprint density at radius 2 is 1.68 bits per heavy atom. The van der Waals surface area contributed by atoms with Gasteiger partial charge in [0, 0.05) is 19.5 Å². The molecule has 0 saturated carbocycles. The third-order valence-corrected chi connectivity index (χ3v) is 5.64. The first-order valence-corrected chi connectivity index (χ1v) is 9.63. The summed E-state index contributed by atoms with van der Waals surface area (Å²) in [6.45, 7) is 4.66. The Bertz CT molecular complexity index is 580. The molecule has 1 unspecified atom stereocenters. The molecule has 0 N–H and O–H groups in total. The van der Waals surface area contributed by atoms with Crippen molar-refractivity contribution < 1.29 is 14.3 Å². The third-order valence-electron chi connectivity index (χ3n) is 5.64. The number of benzene rings is 1. The smallest absolute Gasteiger partial charge is 0.244 e. The van der Waals surface area contributed by atoms with E-state index in [1.54, 1.807) is 0 Å². The number of nitrogens with zero attached hydrogens (tertiary/aromatic N) is 2. The summed E-state index contributed by atoms with van der Waals surface area (Å²) in [4.78, 5) is 17.7. The summed E-state index contributed by atoms with van der Waals surface area (Å²) < 4.78 is 11.9. The van der Waals surface area contributed by atoms with E-state index in [0.29, 0.717) is 19.8 Å². The fourth-order valence-corrected chi connectivity index (χ4v) is 4.40. The molecule has 5 nitrogen and oxygen atoms in total. The maximum Gasteiger partial charge on any atom is 0.244 e. The number of hydrogen-bond donors (Lipinski definition) is 0. The fourth-order valence-electron chi connectivity index (χ4n) is 4.40. The SMILES string of the molecule is O=C(C(c1ccccc1)N1CCCC2(C1)OCCO2)N1CCCCC1. The molecular weight excluding hydrogens is 316 g/mol. The van der Waals surface area contributed by atoms with Crippen molar-refractivity contribution in [1.82, 2.24) is 9.80 Å². The van der Waals surface area contributed by atoms with E-state index >= 15 is 0 Å². The summed E-state index contributed by atoms with van der Waals surface area (Å²) in [7, 11) is 0. The molecule has 3 aliphatic rings. The van der Waals surface area contributed by atoms with Crippen molar-refractivity contribution in [3.05, 3.63) is 35.9 Å². The lowest BCUT2D eigenvalue weighted by Gasteiger charge is -2.43. The second kappa shape index (κ2) is 7.44. The van der Waals surface area contributed by atoms with Crippen molar-refractivity contribution in [2.24, 2.45) is 0 Å². The first kappa shape index (κ1) is 17.0. The van der Waals surface area contributed by atoms with Gasteiger partial charge in [-0.3, -0.25) is 9.69 Å². The Morgan fingerprint density at radius 1 is 0.960 bits per heavy atom. The highest BCUT2D eigenvalue weighted by molar-refractivity contribution is 5.83. The van der Waals surface area contributed by atoms with Crippen LogP contribution in [0, 0.1) is 0 Å². The molecule has 25 heavy (non-hydrogen) atoms. The van der Waals surface area contributed by atoms with Gasteiger partial charge in [0.05, 0.1) is 19.8 Å². The lowest BCUT2D eigenvalue weighted by atomic mass is 9.97. The van der Waals surface area contributed by atoms with Gasteiger partial charge < -0.3 is 14.4 Å². The molecule has 3 aliphatic heterocycles. The van der Waals surface area contributed by atoms with Gasteiger partial charge >= 0.3 is 0 Å². The summed E-state index contributed by atoms with van der Waals surface area (Å²) in [5.74, 6) is -0.270. The molecule has 1 aromatic carbocycles. The predicted molar refractivity (Wildman–Crippen MR) is 95.1 cm³/mol. The van der Waals surface area contributed by atoms with Crippen LogP contribution < -0.4 is 0 Å². The Morgan fingerprint density at radius 3 is 2.40 bits per heavy atom. The van der Waals surface area contributed by atoms with Gasteiger partial charge in [-0.05, 0) is 37.8 Å². The molecule has 136 valence electrons. The van der Waals surface area contributed by atoms with Crippen molar-refractivity contribution in [2.45, 2.75) is 43.9 Å². The van der Waals surface area contributed by atoms with Crippen molar-refractivity contribution in [3.8, 4) is 0 Å². The largest absolute Gasteiger partial charge is 0.346 e. The number of carbonyl (C=O) groups excluding carboxylic acids is 1. The molecule has 0 aromatic heterocycles. The Balaban J connectivity index is 1.59. The highest BCUT2D eigenvalue weighted by atomic mass is 16.7. The highest BCUT2D eigenvalue weighted by Crippen LogP contribution is 2.35. The van der Waals surface area contributed by atoms with Crippen molar-refractivity contribution in [1.29, 1.82) is 0 Å². The van der Waals surface area contributed by atoms with Crippen molar-refractivity contribution >= 4 is 5.91 Å². The highest BCUT2D eigenvalue weighted by Gasteiger charge is 2.44. The second-order valence-corrected chi connectivity index (χ2v) is 7.38. The van der Waals surface area contributed by atoms with Crippen LogP contribution in [-0.4, -0.2) is 60.9 Å². The molecule has 0 aliphatic carbocycles. The molecule has 1 spiro atoms. The van der Waals surface area contributed by atoms with E-state index in [4.69, 9.17) is 9.47 Å². The zero-order chi connectivity index (χ0) is 17.1. The van der Waals surface area contributed by atoms with Crippen molar-refractivity contribution in [2.75, 3.05) is 39.4 Å². The summed E-state index contributed by atoms with van der Waals surface area (Å²) in [5, 5.41) is 0. The normalized spacial score (nSPS) is 25.2. The maximum atomic E-state index is 13.4. The average Bonchev–Trinajstić information content (AvgIpc) is 3.11. The first-order valence-electron chi connectivity index (χ1n) is 9.63. The lowest BCUT2D eigenvalue weighted by molar-refractivity contribution is -0.196. The number of likely N-dealkylation sites (tertiary alicyclic amines) is 2. The zero-order valence-electron chi connectivity index (χ0n) is 14.9. The maximum absolute atomic E-state index is 13.4. The van der Waals surface area contributed by atoms with Crippen LogP contribution in [0.5, 0.6) is 0 Å². The van der Waals surface area contributed by atoms with Crippen LogP contribution in [0.3, 0.4) is 0 Å². The zero-order valence-corrected chi connectivity index (χ0v) is 14.9. The van der Waals surface area contributed by atoms with Crippen LogP contribution >= 0.6 is 0 Å². The molecule has 0 bridgehead atoms. The van der Waals surface area contributed by atoms with Gasteiger partial charge in [0.2, 0.25) is 5.91 Å². The number of ether oxygens (including phenoxy) is 2. The van der Waals surface area contributed by atoms with Crippen LogP contribution in [0.4, 0.5) is 0 Å². The number of hydrogen-bond acceptors (Lipinski definition) is 4. The summed E-state index contributed by atoms with van der Waals surface area (Å²) in [5.41, 5.74) is 1.08. The predicted octanol–water partition coefficient (Wildman–Crippen LogP) is 2.58. The number of carbonyl (C=O) groups is 1. The van der Waals surface area contributed by atoms with Gasteiger partial charge in [-0.1, -0.05) is 30.3 Å². The van der Waals surface area contributed by atoms with Gasteiger partial charge in [0.1, 0.15) is 6.04 Å². The molecule has 3 heterocycles. The molecule has 3 fully saturated rings. The van der Waals surface area contributed by atoms with Crippen LogP contribution in [0.15, 0.2) is 30.3 Å². The average molecular weight is 344 g/mol. The van der Waals surface area contributed by atoms with E-state index < -0.39 is 5.79 Å². The Hall–Kier alpha value is -1.43. The summed E-state index contributed by atoms with van der Waals surface area (Å²) in [6, 6.07) is 9.97. The monoisotopic (exact) mass is 344 g/mol. The van der Waals surface area contributed by atoms with Crippen LogP contribution in [0.25, 0.3) is 0 Å². The quantitative estimate of drug-likeness (QED) is 0.845. The van der Waals surface area contributed by atoms with Gasteiger partial charge in [0.25, 0.3) is 0 Å². The van der Waals surface area contributed by atoms with Crippen LogP contribution in [-0.2, 0) is 14.3 Å². The van der Waals surface area contributed by atoms with E-state index in [1.165, 1.54) is 6.42 Å². The van der Waals surface area contributed by atoms with Crippen molar-refractivity contribution in [3.63, 3.8) is 0 Å². The first-order chi connectivity index (χ1) is 12.3. The number of amides is 1. The van der Waals surface area contributed by atoms with Gasteiger partial charge in [-0.25, -0.2) is 0 Å². The molecule has 5 heteroatoms. The number of rotatable bonds is 3. The van der Waals surface area contributed by atoms with Crippen LogP contribution in [0.2, 0.25) is 0 Å². The number of piperidine rings is 2.